The zero-order chi connectivity index (χ0) is 15.4. The number of aromatic nitrogens is 4. The van der Waals surface area contributed by atoms with Gasteiger partial charge in [-0.15, -0.1) is 0 Å². The zero-order valence-corrected chi connectivity index (χ0v) is 11.8. The fourth-order valence-electron chi connectivity index (χ4n) is 1.75. The van der Waals surface area contributed by atoms with Crippen LogP contribution in [0.5, 0.6) is 0 Å². The molecule has 8 heteroatoms. The molecule has 3 heterocycles. The number of amides is 1. The second kappa shape index (κ2) is 6.08. The molecule has 1 N–H and O–H groups in total. The molecule has 3 aromatic rings. The Morgan fingerprint density at radius 3 is 3.14 bits per heavy atom. The fourth-order valence-corrected chi connectivity index (χ4v) is 1.75. The minimum atomic E-state index is -0.280. The third-order valence-corrected chi connectivity index (χ3v) is 2.79. The summed E-state index contributed by atoms with van der Waals surface area (Å²) in [6.07, 6.45) is 7.90. The van der Waals surface area contributed by atoms with Gasteiger partial charge in [-0.05, 0) is 18.2 Å². The summed E-state index contributed by atoms with van der Waals surface area (Å²) in [6, 6.07) is 3.50. The molecule has 0 aromatic carbocycles. The Balaban J connectivity index is 1.55. The Hall–Kier alpha value is -3.16. The lowest BCUT2D eigenvalue weighted by Gasteiger charge is -1.95. The van der Waals surface area contributed by atoms with Crippen molar-refractivity contribution in [2.45, 2.75) is 6.54 Å². The molecular weight excluding hydrogens is 286 g/mol. The SMILES string of the molecule is Cn1cc(-c2noc(CNC(=O)/C=C/c3ccco3)n2)cn1. The molecule has 0 fully saturated rings. The van der Waals surface area contributed by atoms with Gasteiger partial charge in [0.25, 0.3) is 0 Å². The first-order valence-corrected chi connectivity index (χ1v) is 6.52. The molecule has 0 aliphatic carbocycles. The van der Waals surface area contributed by atoms with Crippen molar-refractivity contribution in [3.8, 4) is 11.4 Å². The van der Waals surface area contributed by atoms with E-state index in [1.807, 2.05) is 0 Å². The summed E-state index contributed by atoms with van der Waals surface area (Å²) in [7, 11) is 1.80. The Labute approximate surface area is 125 Å². The molecule has 0 bridgehead atoms. The maximum absolute atomic E-state index is 11.6. The predicted molar refractivity (Wildman–Crippen MR) is 76.1 cm³/mol. The van der Waals surface area contributed by atoms with Crippen LogP contribution in [0.1, 0.15) is 11.7 Å². The summed E-state index contributed by atoms with van der Waals surface area (Å²) in [5, 5.41) is 10.5. The van der Waals surface area contributed by atoms with E-state index in [4.69, 9.17) is 8.94 Å². The van der Waals surface area contributed by atoms with Crippen LogP contribution in [0, 0.1) is 0 Å². The standard InChI is InChI=1S/C14H13N5O3/c1-19-9-10(7-16-19)14-17-13(22-18-14)8-15-12(20)5-4-11-3-2-6-21-11/h2-7,9H,8H2,1H3,(H,15,20)/b5-4+. The minimum Gasteiger partial charge on any atom is -0.465 e. The van der Waals surface area contributed by atoms with E-state index in [9.17, 15) is 4.79 Å². The first kappa shape index (κ1) is 13.8. The van der Waals surface area contributed by atoms with Crippen LogP contribution in [0.15, 0.2) is 45.8 Å². The highest BCUT2D eigenvalue weighted by Gasteiger charge is 2.10. The highest BCUT2D eigenvalue weighted by Crippen LogP contribution is 2.13. The van der Waals surface area contributed by atoms with E-state index in [1.165, 1.54) is 12.3 Å². The number of hydrogen-bond acceptors (Lipinski definition) is 6. The molecule has 0 saturated carbocycles. The van der Waals surface area contributed by atoms with Crippen molar-refractivity contribution in [2.24, 2.45) is 7.05 Å². The van der Waals surface area contributed by atoms with E-state index in [2.05, 4.69) is 20.6 Å². The molecule has 112 valence electrons. The van der Waals surface area contributed by atoms with E-state index in [0.717, 1.165) is 5.56 Å². The van der Waals surface area contributed by atoms with Crippen LogP contribution in [-0.4, -0.2) is 25.8 Å². The van der Waals surface area contributed by atoms with Crippen LogP contribution < -0.4 is 5.32 Å². The Bertz CT molecular complexity index is 785. The number of carbonyl (C=O) groups excluding carboxylic acids is 1. The third-order valence-electron chi connectivity index (χ3n) is 2.79. The molecule has 0 unspecified atom stereocenters. The van der Waals surface area contributed by atoms with Crippen molar-refractivity contribution >= 4 is 12.0 Å². The Kier molecular flexibility index (Phi) is 3.82. The van der Waals surface area contributed by atoms with Crippen LogP contribution >= 0.6 is 0 Å². The van der Waals surface area contributed by atoms with Crippen molar-refractivity contribution in [3.63, 3.8) is 0 Å². The maximum atomic E-state index is 11.6. The van der Waals surface area contributed by atoms with E-state index in [0.29, 0.717) is 17.5 Å². The smallest absolute Gasteiger partial charge is 0.246 e. The number of aryl methyl sites for hydroxylation is 1. The van der Waals surface area contributed by atoms with Gasteiger partial charge in [0, 0.05) is 19.3 Å². The number of carbonyl (C=O) groups is 1. The van der Waals surface area contributed by atoms with Crippen LogP contribution in [0.3, 0.4) is 0 Å². The minimum absolute atomic E-state index is 0.147. The van der Waals surface area contributed by atoms with Gasteiger partial charge in [0.15, 0.2) is 0 Å². The molecule has 8 nitrogen and oxygen atoms in total. The largest absolute Gasteiger partial charge is 0.465 e. The molecule has 0 radical (unpaired) electrons. The Morgan fingerprint density at radius 2 is 2.41 bits per heavy atom. The summed E-state index contributed by atoms with van der Waals surface area (Å²) in [5.41, 5.74) is 0.751. The molecule has 1 amide bonds. The van der Waals surface area contributed by atoms with Crippen molar-refractivity contribution in [1.82, 2.24) is 25.2 Å². The molecule has 0 spiro atoms. The molecule has 0 aliphatic rings. The third kappa shape index (κ3) is 3.29. The second-order valence-electron chi connectivity index (χ2n) is 4.48. The molecule has 0 saturated heterocycles. The van der Waals surface area contributed by atoms with E-state index in [-0.39, 0.29) is 12.5 Å². The van der Waals surface area contributed by atoms with Gasteiger partial charge >= 0.3 is 0 Å². The van der Waals surface area contributed by atoms with Crippen molar-refractivity contribution in [2.75, 3.05) is 0 Å². The lowest BCUT2D eigenvalue weighted by molar-refractivity contribution is -0.116. The molecule has 0 atom stereocenters. The quantitative estimate of drug-likeness (QED) is 0.715. The van der Waals surface area contributed by atoms with Gasteiger partial charge < -0.3 is 14.3 Å². The van der Waals surface area contributed by atoms with Gasteiger partial charge in [-0.25, -0.2) is 0 Å². The molecule has 3 rings (SSSR count). The van der Waals surface area contributed by atoms with Crippen LogP contribution in [-0.2, 0) is 18.4 Å². The lowest BCUT2D eigenvalue weighted by atomic mass is 10.3. The number of hydrogen-bond donors (Lipinski definition) is 1. The van der Waals surface area contributed by atoms with Crippen molar-refractivity contribution in [3.05, 3.63) is 48.5 Å². The predicted octanol–water partition coefficient (Wildman–Crippen LogP) is 1.39. The van der Waals surface area contributed by atoms with Crippen molar-refractivity contribution in [1.29, 1.82) is 0 Å². The average molecular weight is 299 g/mol. The molecule has 3 aromatic heterocycles. The van der Waals surface area contributed by atoms with E-state index >= 15 is 0 Å². The Morgan fingerprint density at radius 1 is 1.50 bits per heavy atom. The normalized spacial score (nSPS) is 11.1. The maximum Gasteiger partial charge on any atom is 0.246 e. The summed E-state index contributed by atoms with van der Waals surface area (Å²) in [5.74, 6) is 1.08. The number of rotatable bonds is 5. The highest BCUT2D eigenvalue weighted by atomic mass is 16.5. The summed E-state index contributed by atoms with van der Waals surface area (Å²) < 4.78 is 11.8. The first-order valence-electron chi connectivity index (χ1n) is 6.52. The highest BCUT2D eigenvalue weighted by molar-refractivity contribution is 5.91. The summed E-state index contributed by atoms with van der Waals surface area (Å²) in [4.78, 5) is 15.8. The van der Waals surface area contributed by atoms with E-state index < -0.39 is 0 Å². The van der Waals surface area contributed by atoms with Crippen LogP contribution in [0.25, 0.3) is 17.5 Å². The summed E-state index contributed by atoms with van der Waals surface area (Å²) >= 11 is 0. The molecule has 22 heavy (non-hydrogen) atoms. The molecule has 0 aliphatic heterocycles. The fraction of sp³-hybridized carbons (Fsp3) is 0.143. The molecular formula is C14H13N5O3. The van der Waals surface area contributed by atoms with Gasteiger partial charge in [-0.2, -0.15) is 10.1 Å². The van der Waals surface area contributed by atoms with Crippen LogP contribution in [0.2, 0.25) is 0 Å². The average Bonchev–Trinajstić information content (AvgIpc) is 3.24. The number of nitrogens with one attached hydrogen (secondary N) is 1. The zero-order valence-electron chi connectivity index (χ0n) is 11.8. The van der Waals surface area contributed by atoms with Gasteiger partial charge in [0.2, 0.25) is 17.6 Å². The number of furan rings is 1. The van der Waals surface area contributed by atoms with Gasteiger partial charge in [0.1, 0.15) is 5.76 Å². The summed E-state index contributed by atoms with van der Waals surface area (Å²) in [6.45, 7) is 0.147. The second-order valence-corrected chi connectivity index (χ2v) is 4.48. The monoisotopic (exact) mass is 299 g/mol. The number of nitrogens with zero attached hydrogens (tertiary/aromatic N) is 4. The first-order chi connectivity index (χ1) is 10.7. The van der Waals surface area contributed by atoms with Gasteiger partial charge in [-0.1, -0.05) is 5.16 Å². The topological polar surface area (TPSA) is 99.0 Å². The lowest BCUT2D eigenvalue weighted by Crippen LogP contribution is -2.20. The van der Waals surface area contributed by atoms with Gasteiger partial charge in [0.05, 0.1) is 24.6 Å². The van der Waals surface area contributed by atoms with Crippen molar-refractivity contribution < 1.29 is 13.7 Å². The van der Waals surface area contributed by atoms with Gasteiger partial charge in [-0.3, -0.25) is 9.48 Å². The van der Waals surface area contributed by atoms with E-state index in [1.54, 1.807) is 42.3 Å². The van der Waals surface area contributed by atoms with Crippen LogP contribution in [0.4, 0.5) is 0 Å².